The van der Waals surface area contributed by atoms with Crippen LogP contribution in [-0.4, -0.2) is 66.2 Å². The van der Waals surface area contributed by atoms with E-state index in [2.05, 4.69) is 61.8 Å². The first kappa shape index (κ1) is 27.2. The summed E-state index contributed by atoms with van der Waals surface area (Å²) in [5, 5.41) is 7.50. The third-order valence-corrected chi connectivity index (χ3v) is 7.28. The van der Waals surface area contributed by atoms with E-state index in [1.54, 1.807) is 0 Å². The van der Waals surface area contributed by atoms with Gasteiger partial charge in [0, 0.05) is 49.2 Å². The molecule has 9 heteroatoms. The van der Waals surface area contributed by atoms with Crippen LogP contribution in [0.4, 0.5) is 23.0 Å². The molecule has 0 saturated carbocycles. The molecule has 0 bridgehead atoms. The third kappa shape index (κ3) is 5.37. The van der Waals surface area contributed by atoms with Crippen LogP contribution in [0.2, 0.25) is 0 Å². The van der Waals surface area contributed by atoms with E-state index in [4.69, 9.17) is 9.72 Å². The van der Waals surface area contributed by atoms with Crippen LogP contribution in [0.15, 0.2) is 55.4 Å². The number of anilines is 4. The van der Waals surface area contributed by atoms with E-state index in [1.807, 2.05) is 52.5 Å². The van der Waals surface area contributed by atoms with Crippen molar-refractivity contribution in [1.82, 2.24) is 19.4 Å². The number of rotatable bonds is 10. The van der Waals surface area contributed by atoms with Gasteiger partial charge in [-0.15, -0.1) is 0 Å². The van der Waals surface area contributed by atoms with Crippen LogP contribution >= 0.6 is 0 Å². The van der Waals surface area contributed by atoms with Gasteiger partial charge in [0.2, 0.25) is 11.9 Å². The van der Waals surface area contributed by atoms with Crippen LogP contribution in [0.5, 0.6) is 5.75 Å². The molecule has 2 aromatic heterocycles. The van der Waals surface area contributed by atoms with Gasteiger partial charge in [-0.25, -0.2) is 9.97 Å². The highest BCUT2D eigenvalue weighted by molar-refractivity contribution is 6.02. The van der Waals surface area contributed by atoms with Crippen LogP contribution in [0, 0.1) is 6.92 Å². The molecule has 0 unspecified atom stereocenters. The van der Waals surface area contributed by atoms with E-state index in [0.717, 1.165) is 76.5 Å². The fourth-order valence-corrected chi connectivity index (χ4v) is 5.04. The fourth-order valence-electron chi connectivity index (χ4n) is 5.04. The minimum Gasteiger partial charge on any atom is -0.490 e. The number of hydrogen-bond donors (Lipinski definition) is 2. The Labute approximate surface area is 235 Å². The lowest BCUT2D eigenvalue weighted by Gasteiger charge is -2.25. The SMILES string of the molecule is C=CC(=O)Nc1cc(Nc2ncc(CC)c(-c3cn4c5c(cccc35)OCC4)n2)c(C)cc1N(C)CCN(C)C. The standard InChI is InChI=1S/C31H37N7O2/c1-7-21-18-32-31(35-29(21)23-19-38-14-15-40-27-11-9-10-22(23)30(27)38)34-24-17-25(33-28(39)8-2)26(16-20(24)3)37(6)13-12-36(4)5/h8-11,16-19H,2,7,12-15H2,1,3-6H3,(H,33,39)(H,32,34,35). The van der Waals surface area contributed by atoms with Gasteiger partial charge < -0.3 is 29.7 Å². The minimum atomic E-state index is -0.264. The molecule has 0 saturated heterocycles. The smallest absolute Gasteiger partial charge is 0.247 e. The van der Waals surface area contributed by atoms with Crippen molar-refractivity contribution in [2.24, 2.45) is 0 Å². The summed E-state index contributed by atoms with van der Waals surface area (Å²) in [6.45, 7) is 10.9. The van der Waals surface area contributed by atoms with Crippen molar-refractivity contribution in [1.29, 1.82) is 0 Å². The molecule has 3 heterocycles. The summed E-state index contributed by atoms with van der Waals surface area (Å²) in [5.74, 6) is 1.13. The fraction of sp³-hybridized carbons (Fsp3) is 0.323. The number of nitrogens with zero attached hydrogens (tertiary/aromatic N) is 5. The summed E-state index contributed by atoms with van der Waals surface area (Å²) in [7, 11) is 6.11. The molecule has 0 radical (unpaired) electrons. The van der Waals surface area contributed by atoms with Crippen molar-refractivity contribution in [3.63, 3.8) is 0 Å². The highest BCUT2D eigenvalue weighted by Gasteiger charge is 2.21. The van der Waals surface area contributed by atoms with Crippen molar-refractivity contribution in [3.8, 4) is 17.0 Å². The Morgan fingerprint density at radius 2 is 2.02 bits per heavy atom. The second kappa shape index (κ2) is 11.4. The normalized spacial score (nSPS) is 12.3. The molecule has 1 amide bonds. The number of amides is 1. The van der Waals surface area contributed by atoms with E-state index in [0.29, 0.717) is 18.2 Å². The number of benzene rings is 2. The van der Waals surface area contributed by atoms with Crippen molar-refractivity contribution < 1.29 is 9.53 Å². The maximum absolute atomic E-state index is 12.3. The Kier molecular flexibility index (Phi) is 7.75. The first-order valence-corrected chi connectivity index (χ1v) is 13.6. The molecule has 208 valence electrons. The van der Waals surface area contributed by atoms with Crippen molar-refractivity contribution in [2.45, 2.75) is 26.8 Å². The molecule has 4 aromatic rings. The minimum absolute atomic E-state index is 0.264. The van der Waals surface area contributed by atoms with Crippen molar-refractivity contribution in [3.05, 3.63) is 66.5 Å². The van der Waals surface area contributed by atoms with Crippen LogP contribution in [0.25, 0.3) is 22.2 Å². The average Bonchev–Trinajstić information content (AvgIpc) is 3.33. The maximum Gasteiger partial charge on any atom is 0.247 e. The number of likely N-dealkylation sites (N-methyl/N-ethyl adjacent to an activating group) is 2. The van der Waals surface area contributed by atoms with Crippen LogP contribution < -0.4 is 20.3 Å². The number of ether oxygens (including phenoxy) is 1. The Hall–Kier alpha value is -4.37. The van der Waals surface area contributed by atoms with Gasteiger partial charge in [-0.3, -0.25) is 4.79 Å². The predicted molar refractivity (Wildman–Crippen MR) is 163 cm³/mol. The number of hydrogen-bond acceptors (Lipinski definition) is 7. The Bertz CT molecular complexity index is 1570. The number of carbonyl (C=O) groups is 1. The lowest BCUT2D eigenvalue weighted by Crippen LogP contribution is -2.29. The summed E-state index contributed by atoms with van der Waals surface area (Å²) in [6.07, 6.45) is 6.16. The third-order valence-electron chi connectivity index (χ3n) is 7.28. The number of aromatic nitrogens is 3. The van der Waals surface area contributed by atoms with Gasteiger partial charge >= 0.3 is 0 Å². The van der Waals surface area contributed by atoms with E-state index < -0.39 is 0 Å². The first-order chi connectivity index (χ1) is 19.3. The van der Waals surface area contributed by atoms with Gasteiger partial charge in [0.15, 0.2) is 0 Å². The van der Waals surface area contributed by atoms with E-state index in [-0.39, 0.29) is 5.91 Å². The summed E-state index contributed by atoms with van der Waals surface area (Å²) in [5.41, 5.74) is 7.60. The zero-order valence-corrected chi connectivity index (χ0v) is 23.9. The summed E-state index contributed by atoms with van der Waals surface area (Å²) >= 11 is 0. The second-order valence-corrected chi connectivity index (χ2v) is 10.4. The number of nitrogens with one attached hydrogen (secondary N) is 2. The second-order valence-electron chi connectivity index (χ2n) is 10.4. The van der Waals surface area contributed by atoms with Gasteiger partial charge in [-0.2, -0.15) is 0 Å². The maximum atomic E-state index is 12.3. The molecule has 1 aliphatic heterocycles. The molecule has 9 nitrogen and oxygen atoms in total. The van der Waals surface area contributed by atoms with Crippen LogP contribution in [0.3, 0.4) is 0 Å². The predicted octanol–water partition coefficient (Wildman–Crippen LogP) is 5.23. The molecule has 1 aliphatic rings. The number of para-hydroxylation sites is 1. The van der Waals surface area contributed by atoms with Gasteiger partial charge in [-0.05, 0) is 62.8 Å². The van der Waals surface area contributed by atoms with Crippen LogP contribution in [-0.2, 0) is 17.8 Å². The zero-order valence-electron chi connectivity index (χ0n) is 23.9. The molecule has 0 spiro atoms. The largest absolute Gasteiger partial charge is 0.490 e. The first-order valence-electron chi connectivity index (χ1n) is 13.6. The lowest BCUT2D eigenvalue weighted by atomic mass is 10.0. The topological polar surface area (TPSA) is 87.5 Å². The summed E-state index contributed by atoms with van der Waals surface area (Å²) in [4.78, 5) is 26.2. The Morgan fingerprint density at radius 3 is 2.77 bits per heavy atom. The van der Waals surface area contributed by atoms with Gasteiger partial charge in [-0.1, -0.05) is 25.6 Å². The van der Waals surface area contributed by atoms with E-state index >= 15 is 0 Å². The molecule has 5 rings (SSSR count). The molecule has 0 fully saturated rings. The van der Waals surface area contributed by atoms with Crippen LogP contribution in [0.1, 0.15) is 18.1 Å². The molecular weight excluding hydrogens is 502 g/mol. The highest BCUT2D eigenvalue weighted by Crippen LogP contribution is 2.39. The molecule has 2 aromatic carbocycles. The van der Waals surface area contributed by atoms with Gasteiger partial charge in [0.25, 0.3) is 0 Å². The molecule has 2 N–H and O–H groups in total. The monoisotopic (exact) mass is 539 g/mol. The van der Waals surface area contributed by atoms with Crippen molar-refractivity contribution >= 4 is 39.8 Å². The molecule has 0 atom stereocenters. The van der Waals surface area contributed by atoms with Crippen molar-refractivity contribution in [2.75, 3.05) is 56.4 Å². The zero-order chi connectivity index (χ0) is 28.4. The van der Waals surface area contributed by atoms with E-state index in [9.17, 15) is 4.79 Å². The van der Waals surface area contributed by atoms with E-state index in [1.165, 1.54) is 6.08 Å². The highest BCUT2D eigenvalue weighted by atomic mass is 16.5. The number of aryl methyl sites for hydroxylation is 2. The average molecular weight is 540 g/mol. The molecular formula is C31H37N7O2. The summed E-state index contributed by atoms with van der Waals surface area (Å²) < 4.78 is 8.16. The number of carbonyl (C=O) groups excluding carboxylic acids is 1. The van der Waals surface area contributed by atoms with Gasteiger partial charge in [0.1, 0.15) is 12.4 Å². The molecule has 0 aliphatic carbocycles. The quantitative estimate of drug-likeness (QED) is 0.267. The Balaban J connectivity index is 1.53. The summed E-state index contributed by atoms with van der Waals surface area (Å²) in [6, 6.07) is 10.2. The lowest BCUT2D eigenvalue weighted by molar-refractivity contribution is -0.111. The molecule has 40 heavy (non-hydrogen) atoms. The Morgan fingerprint density at radius 1 is 1.20 bits per heavy atom. The van der Waals surface area contributed by atoms with Gasteiger partial charge in [0.05, 0.1) is 29.1 Å².